The molecule has 4 aliphatic carbocycles. The van der Waals surface area contributed by atoms with E-state index < -0.39 is 0 Å². The van der Waals surface area contributed by atoms with E-state index >= 15 is 0 Å². The van der Waals surface area contributed by atoms with Crippen LogP contribution in [0.1, 0.15) is 20.3 Å². The van der Waals surface area contributed by atoms with Crippen LogP contribution in [0.2, 0.25) is 0 Å². The van der Waals surface area contributed by atoms with E-state index in [1.54, 1.807) is 6.42 Å². The molecule has 50 valence electrons. The van der Waals surface area contributed by atoms with Crippen molar-refractivity contribution >= 4 is 0 Å². The third-order valence-corrected chi connectivity index (χ3v) is 3.94. The van der Waals surface area contributed by atoms with Gasteiger partial charge in [0.05, 0.1) is 0 Å². The lowest BCUT2D eigenvalue weighted by Gasteiger charge is -2.12. The van der Waals surface area contributed by atoms with E-state index in [1.807, 2.05) is 0 Å². The molecule has 4 fully saturated rings. The van der Waals surface area contributed by atoms with Gasteiger partial charge in [0, 0.05) is 0 Å². The van der Waals surface area contributed by atoms with Crippen LogP contribution in [0.3, 0.4) is 0 Å². The molecule has 0 aromatic heterocycles. The summed E-state index contributed by atoms with van der Waals surface area (Å²) in [4.78, 5) is 0. The molecule has 0 saturated heterocycles. The molecule has 0 aliphatic heterocycles. The zero-order valence-corrected chi connectivity index (χ0v) is 6.17. The van der Waals surface area contributed by atoms with Gasteiger partial charge in [-0.2, -0.15) is 0 Å². The van der Waals surface area contributed by atoms with Crippen molar-refractivity contribution in [1.29, 1.82) is 0 Å². The van der Waals surface area contributed by atoms with Gasteiger partial charge in [0.25, 0.3) is 0 Å². The van der Waals surface area contributed by atoms with Gasteiger partial charge < -0.3 is 0 Å². The van der Waals surface area contributed by atoms with E-state index in [4.69, 9.17) is 0 Å². The zero-order valence-electron chi connectivity index (χ0n) is 6.17. The largest absolute Gasteiger partial charge is 0.0625 e. The molecule has 3 unspecified atom stereocenters. The van der Waals surface area contributed by atoms with Crippen LogP contribution in [0.4, 0.5) is 0 Å². The van der Waals surface area contributed by atoms with Crippen molar-refractivity contribution in [3.8, 4) is 0 Å². The molecular formula is C9H14. The van der Waals surface area contributed by atoms with Crippen molar-refractivity contribution in [1.82, 2.24) is 0 Å². The zero-order chi connectivity index (χ0) is 6.17. The molecular weight excluding hydrogens is 108 g/mol. The molecule has 4 aliphatic rings. The second-order valence-electron chi connectivity index (χ2n) is 4.54. The molecule has 0 radical (unpaired) electrons. The van der Waals surface area contributed by atoms with Crippen LogP contribution in [-0.2, 0) is 0 Å². The van der Waals surface area contributed by atoms with Gasteiger partial charge in [-0.15, -0.1) is 0 Å². The normalized spacial score (nSPS) is 66.3. The molecule has 0 amide bonds. The van der Waals surface area contributed by atoms with Crippen molar-refractivity contribution in [2.24, 2.45) is 35.5 Å². The summed E-state index contributed by atoms with van der Waals surface area (Å²) in [5, 5.41) is 0. The summed E-state index contributed by atoms with van der Waals surface area (Å²) in [7, 11) is 0. The molecule has 0 aromatic rings. The molecule has 4 saturated carbocycles. The number of hydrogen-bond donors (Lipinski definition) is 0. The molecule has 0 heteroatoms. The van der Waals surface area contributed by atoms with Crippen LogP contribution in [-0.4, -0.2) is 0 Å². The Morgan fingerprint density at radius 2 is 1.78 bits per heavy atom. The van der Waals surface area contributed by atoms with Gasteiger partial charge in [-0.25, -0.2) is 0 Å². The average Bonchev–Trinajstić information content (AvgIpc) is 2.57. The summed E-state index contributed by atoms with van der Waals surface area (Å²) in [6, 6.07) is 0. The van der Waals surface area contributed by atoms with Gasteiger partial charge in [-0.3, -0.25) is 0 Å². The Bertz CT molecular complexity index is 143. The molecule has 0 heterocycles. The lowest BCUT2D eigenvalue weighted by molar-refractivity contribution is 0.370. The van der Waals surface area contributed by atoms with Gasteiger partial charge in [-0.1, -0.05) is 13.8 Å². The Balaban J connectivity index is 1.82. The lowest BCUT2D eigenvalue weighted by atomic mass is 9.93. The van der Waals surface area contributed by atoms with Crippen LogP contribution in [0.5, 0.6) is 0 Å². The lowest BCUT2D eigenvalue weighted by Crippen LogP contribution is -2.05. The van der Waals surface area contributed by atoms with Crippen LogP contribution in [0, 0.1) is 35.5 Å². The molecule has 0 nitrogen and oxygen atoms in total. The maximum absolute atomic E-state index is 2.39. The highest BCUT2D eigenvalue weighted by molar-refractivity contribution is 5.27. The van der Waals surface area contributed by atoms with Crippen molar-refractivity contribution in [3.63, 3.8) is 0 Å². The molecule has 0 spiro atoms. The minimum atomic E-state index is 0.981. The third kappa shape index (κ3) is 0.367. The molecule has 4 rings (SSSR count). The standard InChI is InChI=1S/C9H14/c1-4(2)5-3-6-8-7(5)9(6)8/h4-9H,3H2,1-2H3/t5-,6?,7?,8+,9?/m0/s1. The Morgan fingerprint density at radius 3 is 2.00 bits per heavy atom. The molecule has 2 bridgehead atoms. The Kier molecular flexibility index (Phi) is 0.574. The number of fused-ring (bicyclic) bond motifs is 1. The summed E-state index contributed by atoms with van der Waals surface area (Å²) in [6.45, 7) is 4.79. The van der Waals surface area contributed by atoms with E-state index in [1.165, 1.54) is 23.7 Å². The topological polar surface area (TPSA) is 0 Å². The van der Waals surface area contributed by atoms with Crippen LogP contribution >= 0.6 is 0 Å². The number of hydrogen-bond acceptors (Lipinski definition) is 0. The highest BCUT2D eigenvalue weighted by Gasteiger charge is 2.80. The van der Waals surface area contributed by atoms with E-state index in [0.29, 0.717) is 0 Å². The first-order valence-corrected chi connectivity index (χ1v) is 4.30. The summed E-state index contributed by atoms with van der Waals surface area (Å²) < 4.78 is 0. The van der Waals surface area contributed by atoms with Gasteiger partial charge in [0.2, 0.25) is 0 Å². The van der Waals surface area contributed by atoms with Crippen LogP contribution in [0.15, 0.2) is 0 Å². The maximum atomic E-state index is 2.39. The molecule has 5 atom stereocenters. The smallest absolute Gasteiger partial charge is 0.0315 e. The molecule has 0 aromatic carbocycles. The number of rotatable bonds is 1. The first kappa shape index (κ1) is 4.76. The Morgan fingerprint density at radius 1 is 1.11 bits per heavy atom. The quantitative estimate of drug-likeness (QED) is 0.500. The van der Waals surface area contributed by atoms with Crippen molar-refractivity contribution in [2.75, 3.05) is 0 Å². The second-order valence-corrected chi connectivity index (χ2v) is 4.54. The summed E-state index contributed by atoms with van der Waals surface area (Å²) in [5.74, 6) is 7.12. The first-order valence-electron chi connectivity index (χ1n) is 4.30. The van der Waals surface area contributed by atoms with Gasteiger partial charge >= 0.3 is 0 Å². The summed E-state index contributed by atoms with van der Waals surface area (Å²) in [5.41, 5.74) is 0. The monoisotopic (exact) mass is 122 g/mol. The highest BCUT2D eigenvalue weighted by Crippen LogP contribution is 2.84. The van der Waals surface area contributed by atoms with Crippen LogP contribution < -0.4 is 0 Å². The third-order valence-electron chi connectivity index (χ3n) is 3.94. The van der Waals surface area contributed by atoms with Gasteiger partial charge in [0.1, 0.15) is 0 Å². The van der Waals surface area contributed by atoms with Gasteiger partial charge in [0.15, 0.2) is 0 Å². The fourth-order valence-corrected chi connectivity index (χ4v) is 3.31. The van der Waals surface area contributed by atoms with Crippen molar-refractivity contribution in [3.05, 3.63) is 0 Å². The van der Waals surface area contributed by atoms with E-state index in [-0.39, 0.29) is 0 Å². The van der Waals surface area contributed by atoms with Crippen LogP contribution in [0.25, 0.3) is 0 Å². The van der Waals surface area contributed by atoms with E-state index in [9.17, 15) is 0 Å². The SMILES string of the molecule is CC(C)[C@@H]1CC2C3C1[C@@H]23. The first-order chi connectivity index (χ1) is 4.30. The summed E-state index contributed by atoms with van der Waals surface area (Å²) >= 11 is 0. The second kappa shape index (κ2) is 1.09. The van der Waals surface area contributed by atoms with Gasteiger partial charge in [-0.05, 0) is 41.9 Å². The minimum Gasteiger partial charge on any atom is -0.0625 e. The fourth-order valence-electron chi connectivity index (χ4n) is 3.31. The fraction of sp³-hybridized carbons (Fsp3) is 1.00. The molecule has 0 N–H and O–H groups in total. The Labute approximate surface area is 56.6 Å². The molecule has 9 heavy (non-hydrogen) atoms. The van der Waals surface area contributed by atoms with Crippen molar-refractivity contribution in [2.45, 2.75) is 20.3 Å². The summed E-state index contributed by atoms with van der Waals surface area (Å²) in [6.07, 6.45) is 1.59. The predicted molar refractivity (Wildman–Crippen MR) is 36.9 cm³/mol. The Hall–Kier alpha value is 0. The average molecular weight is 122 g/mol. The van der Waals surface area contributed by atoms with Crippen molar-refractivity contribution < 1.29 is 0 Å². The minimum absolute atomic E-state index is 0.981. The van der Waals surface area contributed by atoms with E-state index in [0.717, 1.165) is 11.8 Å². The van der Waals surface area contributed by atoms with E-state index in [2.05, 4.69) is 13.8 Å². The maximum Gasteiger partial charge on any atom is -0.0315 e. The highest BCUT2D eigenvalue weighted by atomic mass is 14.8. The predicted octanol–water partition coefficient (Wildman–Crippen LogP) is 2.15.